The maximum Gasteiger partial charge on any atom is 0.145 e. The van der Waals surface area contributed by atoms with Crippen molar-refractivity contribution in [3.05, 3.63) is 21.8 Å². The number of halogens is 2. The minimum Gasteiger partial charge on any atom is -0.383 e. The van der Waals surface area contributed by atoms with E-state index in [0.717, 1.165) is 0 Å². The highest BCUT2D eigenvalue weighted by Gasteiger charge is 1.95. The van der Waals surface area contributed by atoms with E-state index >= 15 is 0 Å². The van der Waals surface area contributed by atoms with Gasteiger partial charge in [-0.05, 0) is 22.0 Å². The zero-order valence-electron chi connectivity index (χ0n) is 4.36. The van der Waals surface area contributed by atoms with Crippen LogP contribution in [0.3, 0.4) is 0 Å². The van der Waals surface area contributed by atoms with Crippen molar-refractivity contribution in [1.29, 1.82) is 0 Å². The lowest BCUT2D eigenvalue weighted by atomic mass is 10.5. The quantitative estimate of drug-likeness (QED) is 0.658. The topological polar surface area (TPSA) is 38.9 Å². The van der Waals surface area contributed by atoms with E-state index in [1.807, 2.05) is 0 Å². The second-order valence-electron chi connectivity index (χ2n) is 1.42. The number of nitrogens with two attached hydrogens (primary N) is 1. The molecule has 0 aromatic carbocycles. The van der Waals surface area contributed by atoms with Crippen LogP contribution in [0.5, 0.6) is 0 Å². The summed E-state index contributed by atoms with van der Waals surface area (Å²) in [7, 11) is 0. The molecule has 0 aliphatic carbocycles. The molecule has 0 saturated carbocycles. The highest BCUT2D eigenvalue weighted by atomic mass is 79.9. The third kappa shape index (κ3) is 1.56. The van der Waals surface area contributed by atoms with E-state index in [9.17, 15) is 0 Å². The maximum absolute atomic E-state index is 5.56. The van der Waals surface area contributed by atoms with Gasteiger partial charge in [-0.1, -0.05) is 11.6 Å². The standard InChI is InChI=1S/C5H3BrClN2/c6-3-1-2-4(8)9-5(3)7/h1H,(H2,8,9). The van der Waals surface area contributed by atoms with Crippen LogP contribution in [0.2, 0.25) is 5.15 Å². The Labute approximate surface area is 66.2 Å². The molecule has 0 saturated heterocycles. The average molecular weight is 206 g/mol. The van der Waals surface area contributed by atoms with E-state index in [0.29, 0.717) is 15.4 Å². The van der Waals surface area contributed by atoms with Gasteiger partial charge in [0, 0.05) is 6.07 Å². The van der Waals surface area contributed by atoms with E-state index in [2.05, 4.69) is 27.0 Å². The zero-order chi connectivity index (χ0) is 6.85. The molecule has 0 atom stereocenters. The Morgan fingerprint density at radius 1 is 1.78 bits per heavy atom. The Morgan fingerprint density at radius 2 is 2.44 bits per heavy atom. The van der Waals surface area contributed by atoms with Gasteiger partial charge in [0.05, 0.1) is 4.47 Å². The maximum atomic E-state index is 5.56. The van der Waals surface area contributed by atoms with E-state index in [-0.39, 0.29) is 0 Å². The van der Waals surface area contributed by atoms with Crippen LogP contribution >= 0.6 is 27.5 Å². The summed E-state index contributed by atoms with van der Waals surface area (Å²) in [4.78, 5) is 3.71. The van der Waals surface area contributed by atoms with Crippen molar-refractivity contribution in [2.24, 2.45) is 0 Å². The predicted molar refractivity (Wildman–Crippen MR) is 40.2 cm³/mol. The monoisotopic (exact) mass is 205 g/mol. The van der Waals surface area contributed by atoms with Gasteiger partial charge < -0.3 is 5.73 Å². The van der Waals surface area contributed by atoms with Crippen LogP contribution in [0, 0.1) is 6.07 Å². The summed E-state index contributed by atoms with van der Waals surface area (Å²) >= 11 is 8.70. The fourth-order valence-electron chi connectivity index (χ4n) is 0.388. The molecule has 0 bridgehead atoms. The van der Waals surface area contributed by atoms with Crippen LogP contribution < -0.4 is 5.73 Å². The lowest BCUT2D eigenvalue weighted by Gasteiger charge is -1.93. The number of hydrogen-bond acceptors (Lipinski definition) is 2. The second-order valence-corrected chi connectivity index (χ2v) is 2.64. The summed E-state index contributed by atoms with van der Waals surface area (Å²) in [6, 6.07) is 4.31. The Bertz CT molecular complexity index is 226. The number of nitrogens with zero attached hydrogens (tertiary/aromatic N) is 1. The Balaban J connectivity index is 3.17. The number of anilines is 1. The molecule has 1 aromatic rings. The molecular formula is C5H3BrClN2. The van der Waals surface area contributed by atoms with Gasteiger partial charge >= 0.3 is 0 Å². The second kappa shape index (κ2) is 2.54. The smallest absolute Gasteiger partial charge is 0.145 e. The molecule has 1 aromatic heterocycles. The summed E-state index contributed by atoms with van der Waals surface area (Å²) in [6.45, 7) is 0. The van der Waals surface area contributed by atoms with Gasteiger partial charge in [-0.25, -0.2) is 4.98 Å². The van der Waals surface area contributed by atoms with Crippen LogP contribution in [-0.2, 0) is 0 Å². The van der Waals surface area contributed by atoms with Gasteiger partial charge in [-0.3, -0.25) is 0 Å². The number of pyridine rings is 1. The molecule has 1 heterocycles. The molecule has 9 heavy (non-hydrogen) atoms. The molecule has 47 valence electrons. The molecular weight excluding hydrogens is 203 g/mol. The van der Waals surface area contributed by atoms with E-state index in [4.69, 9.17) is 17.3 Å². The van der Waals surface area contributed by atoms with E-state index in [1.54, 1.807) is 6.07 Å². The number of aromatic nitrogens is 1. The fourth-order valence-corrected chi connectivity index (χ4v) is 0.737. The molecule has 4 heteroatoms. The molecule has 0 aliphatic rings. The molecule has 0 unspecified atom stereocenters. The van der Waals surface area contributed by atoms with Crippen LogP contribution in [0.1, 0.15) is 0 Å². The normalized spacial score (nSPS) is 9.56. The van der Waals surface area contributed by atoms with Gasteiger partial charge in [0.25, 0.3) is 0 Å². The van der Waals surface area contributed by atoms with Gasteiger partial charge in [0.2, 0.25) is 0 Å². The first-order valence-electron chi connectivity index (χ1n) is 2.19. The molecule has 0 spiro atoms. The van der Waals surface area contributed by atoms with Crippen LogP contribution in [0.4, 0.5) is 5.82 Å². The number of hydrogen-bond donors (Lipinski definition) is 1. The molecule has 1 radical (unpaired) electrons. The first-order valence-corrected chi connectivity index (χ1v) is 3.36. The average Bonchev–Trinajstić information content (AvgIpc) is 1.80. The first-order chi connectivity index (χ1) is 4.20. The molecule has 2 N–H and O–H groups in total. The summed E-state index contributed by atoms with van der Waals surface area (Å²) in [5.41, 5.74) is 5.26. The summed E-state index contributed by atoms with van der Waals surface area (Å²) < 4.78 is 0.707. The van der Waals surface area contributed by atoms with Crippen molar-refractivity contribution in [3.63, 3.8) is 0 Å². The molecule has 0 aliphatic heterocycles. The Morgan fingerprint density at radius 3 is 2.89 bits per heavy atom. The zero-order valence-corrected chi connectivity index (χ0v) is 6.70. The van der Waals surface area contributed by atoms with E-state index < -0.39 is 0 Å². The SMILES string of the molecule is Nc1[c]cc(Br)c(Cl)n1. The van der Waals surface area contributed by atoms with Crippen molar-refractivity contribution in [3.8, 4) is 0 Å². The summed E-state index contributed by atoms with van der Waals surface area (Å²) in [5.74, 6) is 0.309. The van der Waals surface area contributed by atoms with Gasteiger partial charge in [0.15, 0.2) is 0 Å². The molecule has 1 rings (SSSR count). The molecule has 2 nitrogen and oxygen atoms in total. The predicted octanol–water partition coefficient (Wildman–Crippen LogP) is 1.88. The number of nitrogen functional groups attached to an aromatic ring is 1. The van der Waals surface area contributed by atoms with Crippen LogP contribution in [0.25, 0.3) is 0 Å². The molecule has 0 fully saturated rings. The fraction of sp³-hybridized carbons (Fsp3) is 0. The van der Waals surface area contributed by atoms with Crippen molar-refractivity contribution in [2.45, 2.75) is 0 Å². The largest absolute Gasteiger partial charge is 0.383 e. The minimum absolute atomic E-state index is 0.309. The van der Waals surface area contributed by atoms with Crippen LogP contribution in [-0.4, -0.2) is 4.98 Å². The van der Waals surface area contributed by atoms with E-state index in [1.165, 1.54) is 0 Å². The third-order valence-electron chi connectivity index (χ3n) is 0.762. The van der Waals surface area contributed by atoms with Crippen molar-refractivity contribution < 1.29 is 0 Å². The first kappa shape index (κ1) is 6.83. The summed E-state index contributed by atoms with van der Waals surface area (Å²) in [6.07, 6.45) is 0. The minimum atomic E-state index is 0.309. The Kier molecular flexibility index (Phi) is 1.93. The molecule has 0 amide bonds. The summed E-state index contributed by atoms with van der Waals surface area (Å²) in [5, 5.41) is 0.367. The van der Waals surface area contributed by atoms with Gasteiger partial charge in [-0.15, -0.1) is 0 Å². The highest BCUT2D eigenvalue weighted by Crippen LogP contribution is 2.19. The Hall–Kier alpha value is -0.280. The lowest BCUT2D eigenvalue weighted by Crippen LogP contribution is -1.89. The highest BCUT2D eigenvalue weighted by molar-refractivity contribution is 9.10. The van der Waals surface area contributed by atoms with Gasteiger partial charge in [0.1, 0.15) is 11.0 Å². The van der Waals surface area contributed by atoms with Crippen LogP contribution in [0.15, 0.2) is 10.5 Å². The third-order valence-corrected chi connectivity index (χ3v) is 1.88. The van der Waals surface area contributed by atoms with Gasteiger partial charge in [-0.2, -0.15) is 0 Å². The number of rotatable bonds is 0. The lowest BCUT2D eigenvalue weighted by molar-refractivity contribution is 1.31. The van der Waals surface area contributed by atoms with Crippen molar-refractivity contribution >= 4 is 33.3 Å². The van der Waals surface area contributed by atoms with Crippen molar-refractivity contribution in [2.75, 3.05) is 5.73 Å². The van der Waals surface area contributed by atoms with Crippen molar-refractivity contribution in [1.82, 2.24) is 4.98 Å².